The lowest BCUT2D eigenvalue weighted by Gasteiger charge is -2.12. The van der Waals surface area contributed by atoms with Crippen LogP contribution in [0.3, 0.4) is 0 Å². The second-order valence-corrected chi connectivity index (χ2v) is 8.59. The largest absolute Gasteiger partial charge is 0.493 e. The Morgan fingerprint density at radius 3 is 2.79 bits per heavy atom. The van der Waals surface area contributed by atoms with Crippen molar-refractivity contribution >= 4 is 33.7 Å². The topological polar surface area (TPSA) is 65.7 Å². The van der Waals surface area contributed by atoms with Crippen LogP contribution < -0.4 is 19.6 Å². The summed E-state index contributed by atoms with van der Waals surface area (Å²) in [6, 6.07) is 9.52. The molecule has 3 heterocycles. The van der Waals surface area contributed by atoms with Gasteiger partial charge in [-0.1, -0.05) is 37.3 Å². The molecule has 4 rings (SSSR count). The van der Waals surface area contributed by atoms with E-state index in [4.69, 9.17) is 9.47 Å². The van der Waals surface area contributed by atoms with Crippen molar-refractivity contribution in [2.24, 2.45) is 5.92 Å². The fourth-order valence-electron chi connectivity index (χ4n) is 2.64. The molecule has 0 aliphatic rings. The fraction of sp³-hybridized carbons (Fsp3) is 0.250. The fourth-order valence-corrected chi connectivity index (χ4v) is 4.21. The van der Waals surface area contributed by atoms with E-state index in [2.05, 4.69) is 23.9 Å². The van der Waals surface area contributed by atoms with Gasteiger partial charge < -0.3 is 9.47 Å². The molecule has 144 valence electrons. The van der Waals surface area contributed by atoms with Crippen molar-refractivity contribution in [2.45, 2.75) is 13.8 Å². The maximum atomic E-state index is 12.7. The second-order valence-electron chi connectivity index (χ2n) is 6.64. The van der Waals surface area contributed by atoms with Gasteiger partial charge in [0.25, 0.3) is 5.56 Å². The van der Waals surface area contributed by atoms with Crippen molar-refractivity contribution in [3.05, 3.63) is 56.2 Å². The van der Waals surface area contributed by atoms with Gasteiger partial charge in [-0.05, 0) is 41.1 Å². The molecule has 0 unspecified atom stereocenters. The number of ether oxygens (including phenoxy) is 2. The molecule has 1 aromatic carbocycles. The maximum absolute atomic E-state index is 12.7. The Morgan fingerprint density at radius 2 is 2.11 bits per heavy atom. The van der Waals surface area contributed by atoms with Crippen molar-refractivity contribution < 1.29 is 9.47 Å². The first-order chi connectivity index (χ1) is 13.5. The zero-order valence-electron chi connectivity index (χ0n) is 15.7. The van der Waals surface area contributed by atoms with E-state index in [1.807, 2.05) is 41.8 Å². The number of hydrogen-bond donors (Lipinski definition) is 0. The third-order valence-electron chi connectivity index (χ3n) is 3.98. The van der Waals surface area contributed by atoms with Crippen LogP contribution in [-0.2, 0) is 0 Å². The van der Waals surface area contributed by atoms with Crippen molar-refractivity contribution in [3.8, 4) is 22.2 Å². The van der Waals surface area contributed by atoms with Gasteiger partial charge in [-0.3, -0.25) is 4.79 Å². The number of thiophene rings is 1. The minimum Gasteiger partial charge on any atom is -0.493 e. The van der Waals surface area contributed by atoms with Gasteiger partial charge in [0.2, 0.25) is 4.96 Å². The molecule has 8 heteroatoms. The average molecular weight is 414 g/mol. The quantitative estimate of drug-likeness (QED) is 0.484. The summed E-state index contributed by atoms with van der Waals surface area (Å²) in [6.45, 7) is 4.80. The van der Waals surface area contributed by atoms with Crippen LogP contribution in [0.25, 0.3) is 21.7 Å². The Balaban J connectivity index is 1.68. The lowest BCUT2D eigenvalue weighted by Crippen LogP contribution is -2.23. The first-order valence-corrected chi connectivity index (χ1v) is 10.5. The number of fused-ring (bicyclic) bond motifs is 1. The lowest BCUT2D eigenvalue weighted by molar-refractivity contribution is 0.257. The van der Waals surface area contributed by atoms with Gasteiger partial charge in [0.1, 0.15) is 0 Å². The number of hydrogen-bond acceptors (Lipinski definition) is 7. The number of nitrogens with zero attached hydrogens (tertiary/aromatic N) is 3. The highest BCUT2D eigenvalue weighted by Gasteiger charge is 2.13. The molecule has 0 amide bonds. The molecule has 0 saturated heterocycles. The smallest absolute Gasteiger partial charge is 0.291 e. The van der Waals surface area contributed by atoms with Gasteiger partial charge in [-0.15, -0.1) is 16.4 Å². The molecule has 0 spiro atoms. The van der Waals surface area contributed by atoms with Crippen LogP contribution in [0.15, 0.2) is 40.5 Å². The van der Waals surface area contributed by atoms with E-state index in [9.17, 15) is 4.79 Å². The monoisotopic (exact) mass is 413 g/mol. The molecular formula is C20H19N3O3S2. The zero-order valence-corrected chi connectivity index (χ0v) is 17.3. The van der Waals surface area contributed by atoms with E-state index in [0.717, 1.165) is 10.4 Å². The molecule has 0 saturated carbocycles. The number of benzene rings is 1. The van der Waals surface area contributed by atoms with E-state index in [1.54, 1.807) is 18.4 Å². The van der Waals surface area contributed by atoms with E-state index in [1.165, 1.54) is 15.9 Å². The zero-order chi connectivity index (χ0) is 19.7. The SMILES string of the molecule is COc1cc(/C=c2\sc3nc(-c4cccs4)nn3c2=O)ccc1OCC(C)C. The van der Waals surface area contributed by atoms with Crippen LogP contribution >= 0.6 is 22.7 Å². The van der Waals surface area contributed by atoms with Crippen molar-refractivity contribution in [1.29, 1.82) is 0 Å². The van der Waals surface area contributed by atoms with Crippen LogP contribution in [0, 0.1) is 5.92 Å². The van der Waals surface area contributed by atoms with E-state index in [-0.39, 0.29) is 5.56 Å². The summed E-state index contributed by atoms with van der Waals surface area (Å²) in [5.74, 6) is 2.34. The van der Waals surface area contributed by atoms with Crippen LogP contribution in [-0.4, -0.2) is 28.3 Å². The minimum atomic E-state index is -0.172. The Bertz CT molecular complexity index is 1210. The number of thiazole rings is 1. The van der Waals surface area contributed by atoms with E-state index >= 15 is 0 Å². The summed E-state index contributed by atoms with van der Waals surface area (Å²) in [5.41, 5.74) is 0.684. The third-order valence-corrected chi connectivity index (χ3v) is 5.81. The Hall–Kier alpha value is -2.71. The summed E-state index contributed by atoms with van der Waals surface area (Å²) in [5, 5.41) is 6.32. The van der Waals surface area contributed by atoms with Crippen molar-refractivity contribution in [1.82, 2.24) is 14.6 Å². The van der Waals surface area contributed by atoms with Gasteiger partial charge in [0, 0.05) is 0 Å². The van der Waals surface area contributed by atoms with Crippen LogP contribution in [0.5, 0.6) is 11.5 Å². The Morgan fingerprint density at radius 1 is 1.25 bits per heavy atom. The lowest BCUT2D eigenvalue weighted by atomic mass is 10.2. The molecule has 0 radical (unpaired) electrons. The molecule has 0 fully saturated rings. The molecule has 0 bridgehead atoms. The van der Waals surface area contributed by atoms with E-state index in [0.29, 0.717) is 39.3 Å². The highest BCUT2D eigenvalue weighted by molar-refractivity contribution is 7.15. The standard InChI is InChI=1S/C20H19N3O3S2/c1-12(2)11-26-14-7-6-13(9-15(14)25-3)10-17-19(24)23-20(28-17)21-18(22-23)16-5-4-8-27-16/h4-10,12H,11H2,1-3H3/b17-10-. The van der Waals surface area contributed by atoms with Crippen molar-refractivity contribution in [2.75, 3.05) is 13.7 Å². The average Bonchev–Trinajstić information content (AvgIpc) is 3.39. The number of methoxy groups -OCH3 is 1. The molecular weight excluding hydrogens is 394 g/mol. The van der Waals surface area contributed by atoms with Gasteiger partial charge in [-0.25, -0.2) is 0 Å². The number of aromatic nitrogens is 3. The van der Waals surface area contributed by atoms with Crippen molar-refractivity contribution in [3.63, 3.8) is 0 Å². The minimum absolute atomic E-state index is 0.172. The molecule has 0 atom stereocenters. The van der Waals surface area contributed by atoms with Gasteiger partial charge in [0.05, 0.1) is 23.1 Å². The first kappa shape index (κ1) is 18.6. The summed E-state index contributed by atoms with van der Waals surface area (Å²) in [6.07, 6.45) is 1.82. The molecule has 28 heavy (non-hydrogen) atoms. The maximum Gasteiger partial charge on any atom is 0.291 e. The molecule has 0 aliphatic carbocycles. The predicted molar refractivity (Wildman–Crippen MR) is 113 cm³/mol. The summed E-state index contributed by atoms with van der Waals surface area (Å²) >= 11 is 2.87. The Kier molecular flexibility index (Phi) is 5.15. The normalized spacial score (nSPS) is 12.2. The van der Waals surface area contributed by atoms with Gasteiger partial charge in [0.15, 0.2) is 17.3 Å². The third kappa shape index (κ3) is 3.65. The first-order valence-electron chi connectivity index (χ1n) is 8.81. The highest BCUT2D eigenvalue weighted by Crippen LogP contribution is 2.29. The van der Waals surface area contributed by atoms with Crippen LogP contribution in [0.1, 0.15) is 19.4 Å². The number of rotatable bonds is 6. The molecule has 3 aromatic heterocycles. The van der Waals surface area contributed by atoms with Gasteiger partial charge in [-0.2, -0.15) is 9.50 Å². The molecule has 6 nitrogen and oxygen atoms in total. The molecule has 4 aromatic rings. The molecule has 0 N–H and O–H groups in total. The second kappa shape index (κ2) is 7.73. The van der Waals surface area contributed by atoms with E-state index < -0.39 is 0 Å². The summed E-state index contributed by atoms with van der Waals surface area (Å²) < 4.78 is 13.2. The predicted octanol–water partition coefficient (Wildman–Crippen LogP) is 3.47. The Labute approximate surface area is 169 Å². The molecule has 0 aliphatic heterocycles. The summed E-state index contributed by atoms with van der Waals surface area (Å²) in [7, 11) is 1.61. The van der Waals surface area contributed by atoms with Gasteiger partial charge >= 0.3 is 0 Å². The summed E-state index contributed by atoms with van der Waals surface area (Å²) in [4.78, 5) is 18.7. The highest BCUT2D eigenvalue weighted by atomic mass is 32.1. The van der Waals surface area contributed by atoms with Crippen LogP contribution in [0.4, 0.5) is 0 Å². The van der Waals surface area contributed by atoms with Crippen LogP contribution in [0.2, 0.25) is 0 Å².